The molecule has 1 N–H and O–H groups in total. The Morgan fingerprint density at radius 3 is 2.41 bits per heavy atom. The molecule has 2 amide bonds. The second-order valence-electron chi connectivity index (χ2n) is 10.9. The zero-order valence-electron chi connectivity index (χ0n) is 18.0. The van der Waals surface area contributed by atoms with Gasteiger partial charge >= 0.3 is 0 Å². The molecule has 0 radical (unpaired) electrons. The molecule has 1 aliphatic heterocycles. The molecule has 1 heterocycles. The first-order valence-corrected chi connectivity index (χ1v) is 11.5. The maximum Gasteiger partial charge on any atom is 0.225 e. The summed E-state index contributed by atoms with van der Waals surface area (Å²) in [5.74, 6) is 1.55. The van der Waals surface area contributed by atoms with E-state index in [4.69, 9.17) is 0 Å². The summed E-state index contributed by atoms with van der Waals surface area (Å²) in [7, 11) is 0. The highest BCUT2D eigenvalue weighted by atomic mass is 16.2. The third kappa shape index (κ3) is 3.39. The Labute approximate surface area is 174 Å². The number of rotatable bonds is 6. The molecule has 4 fully saturated rings. The van der Waals surface area contributed by atoms with Crippen molar-refractivity contribution in [2.45, 2.75) is 76.2 Å². The predicted octanol–water partition coefficient (Wildman–Crippen LogP) is 3.78. The van der Waals surface area contributed by atoms with E-state index in [2.05, 4.69) is 55.3 Å². The molecule has 5 rings (SSSR count). The van der Waals surface area contributed by atoms with E-state index >= 15 is 0 Å². The maximum absolute atomic E-state index is 13.0. The lowest BCUT2D eigenvalue weighted by molar-refractivity contribution is -0.139. The number of amides is 2. The van der Waals surface area contributed by atoms with E-state index < -0.39 is 0 Å². The zero-order valence-corrected chi connectivity index (χ0v) is 18.0. The van der Waals surface area contributed by atoms with Crippen molar-refractivity contribution in [2.75, 3.05) is 13.1 Å². The van der Waals surface area contributed by atoms with Crippen molar-refractivity contribution in [3.05, 3.63) is 35.4 Å². The predicted molar refractivity (Wildman–Crippen MR) is 114 cm³/mol. The van der Waals surface area contributed by atoms with Gasteiger partial charge in [-0.3, -0.25) is 9.59 Å². The summed E-state index contributed by atoms with van der Waals surface area (Å²) < 4.78 is 0. The van der Waals surface area contributed by atoms with Crippen LogP contribution in [0.5, 0.6) is 0 Å². The van der Waals surface area contributed by atoms with Crippen molar-refractivity contribution in [1.29, 1.82) is 0 Å². The molecule has 1 aromatic carbocycles. The standard InChI is InChI=1S/C25H34N2O2/c1-16(2)10-22(28)26-21-11-17(12-21)23(29)27-14-20-13-25(20,15-27)19-6-4-18(5-7-19)24(3)8-9-24/h4-7,16-17,20-21H,8-15H2,1-3H3,(H,26,28). The van der Waals surface area contributed by atoms with Crippen LogP contribution in [0.4, 0.5) is 0 Å². The van der Waals surface area contributed by atoms with Crippen LogP contribution in [0.15, 0.2) is 24.3 Å². The highest BCUT2D eigenvalue weighted by molar-refractivity contribution is 5.82. The number of benzene rings is 1. The minimum Gasteiger partial charge on any atom is -0.353 e. The molecule has 2 unspecified atom stereocenters. The Morgan fingerprint density at radius 2 is 1.79 bits per heavy atom. The highest BCUT2D eigenvalue weighted by Gasteiger charge is 2.62. The maximum atomic E-state index is 13.0. The zero-order chi connectivity index (χ0) is 20.4. The Balaban J connectivity index is 1.15. The fourth-order valence-corrected chi connectivity index (χ4v) is 5.63. The van der Waals surface area contributed by atoms with Gasteiger partial charge in [-0.15, -0.1) is 0 Å². The molecule has 1 saturated heterocycles. The van der Waals surface area contributed by atoms with Crippen molar-refractivity contribution in [3.8, 4) is 0 Å². The van der Waals surface area contributed by atoms with Gasteiger partial charge in [-0.2, -0.15) is 0 Å². The summed E-state index contributed by atoms with van der Waals surface area (Å²) in [5, 5.41) is 3.09. The third-order valence-corrected chi connectivity index (χ3v) is 8.06. The summed E-state index contributed by atoms with van der Waals surface area (Å²) in [6.07, 6.45) is 6.04. The molecule has 0 aromatic heterocycles. The molecular formula is C25H34N2O2. The molecule has 0 bridgehead atoms. The molecule has 0 spiro atoms. The fraction of sp³-hybridized carbons (Fsp3) is 0.680. The first kappa shape index (κ1) is 19.1. The van der Waals surface area contributed by atoms with Crippen LogP contribution in [0.2, 0.25) is 0 Å². The van der Waals surface area contributed by atoms with Crippen LogP contribution in [0.3, 0.4) is 0 Å². The van der Waals surface area contributed by atoms with Gasteiger partial charge < -0.3 is 10.2 Å². The van der Waals surface area contributed by atoms with Crippen molar-refractivity contribution < 1.29 is 9.59 Å². The minimum atomic E-state index is 0.103. The molecule has 29 heavy (non-hydrogen) atoms. The van der Waals surface area contributed by atoms with E-state index in [1.807, 2.05) is 0 Å². The average molecular weight is 395 g/mol. The van der Waals surface area contributed by atoms with E-state index in [0.717, 1.165) is 25.9 Å². The summed E-state index contributed by atoms with van der Waals surface area (Å²) in [4.78, 5) is 27.0. The second-order valence-corrected chi connectivity index (χ2v) is 10.9. The van der Waals surface area contributed by atoms with Crippen LogP contribution in [0, 0.1) is 17.8 Å². The first-order valence-electron chi connectivity index (χ1n) is 11.5. The molecule has 3 saturated carbocycles. The van der Waals surface area contributed by atoms with Crippen LogP contribution < -0.4 is 5.32 Å². The molecule has 4 heteroatoms. The summed E-state index contributed by atoms with van der Waals surface area (Å²) >= 11 is 0. The van der Waals surface area contributed by atoms with E-state index in [9.17, 15) is 9.59 Å². The van der Waals surface area contributed by atoms with Gasteiger partial charge in [-0.05, 0) is 60.5 Å². The van der Waals surface area contributed by atoms with Gasteiger partial charge in [0, 0.05) is 36.9 Å². The first-order chi connectivity index (χ1) is 13.8. The minimum absolute atomic E-state index is 0.103. The SMILES string of the molecule is CC(C)CC(=O)NC1CC(C(=O)N2CC3CC3(c3ccc(C4(C)CC4)cc3)C2)C1. The lowest BCUT2D eigenvalue weighted by atomic mass is 9.79. The normalized spacial score (nSPS) is 33.8. The van der Waals surface area contributed by atoms with Gasteiger partial charge in [0.15, 0.2) is 0 Å². The van der Waals surface area contributed by atoms with Crippen molar-refractivity contribution in [2.24, 2.45) is 17.8 Å². The number of hydrogen-bond donors (Lipinski definition) is 1. The number of likely N-dealkylation sites (tertiary alicyclic amines) is 1. The highest BCUT2D eigenvalue weighted by Crippen LogP contribution is 2.59. The average Bonchev–Trinajstić information content (AvgIpc) is 3.53. The molecule has 4 nitrogen and oxygen atoms in total. The van der Waals surface area contributed by atoms with Crippen LogP contribution in [-0.4, -0.2) is 35.8 Å². The number of nitrogens with one attached hydrogen (secondary N) is 1. The van der Waals surface area contributed by atoms with Crippen molar-refractivity contribution >= 4 is 11.8 Å². The molecule has 2 atom stereocenters. The van der Waals surface area contributed by atoms with Crippen LogP contribution in [0.25, 0.3) is 0 Å². The third-order valence-electron chi connectivity index (χ3n) is 8.06. The van der Waals surface area contributed by atoms with Gasteiger partial charge in [-0.1, -0.05) is 45.0 Å². The van der Waals surface area contributed by atoms with Crippen LogP contribution >= 0.6 is 0 Å². The van der Waals surface area contributed by atoms with Gasteiger partial charge in [0.05, 0.1) is 0 Å². The Hall–Kier alpha value is -1.84. The van der Waals surface area contributed by atoms with Crippen LogP contribution in [0.1, 0.15) is 70.4 Å². The topological polar surface area (TPSA) is 49.4 Å². The fourth-order valence-electron chi connectivity index (χ4n) is 5.63. The number of nitrogens with zero attached hydrogens (tertiary/aromatic N) is 1. The lowest BCUT2D eigenvalue weighted by Gasteiger charge is -2.37. The second kappa shape index (κ2) is 6.58. The number of fused-ring (bicyclic) bond motifs is 1. The molecule has 156 valence electrons. The van der Waals surface area contributed by atoms with Gasteiger partial charge in [-0.25, -0.2) is 0 Å². The summed E-state index contributed by atoms with van der Waals surface area (Å²) in [6, 6.07) is 9.51. The van der Waals surface area contributed by atoms with E-state index in [0.29, 0.717) is 29.6 Å². The van der Waals surface area contributed by atoms with Crippen LogP contribution in [-0.2, 0) is 20.4 Å². The van der Waals surface area contributed by atoms with Gasteiger partial charge in [0.1, 0.15) is 0 Å². The number of carbonyl (C=O) groups is 2. The molecule has 4 aliphatic rings. The number of hydrogen-bond acceptors (Lipinski definition) is 2. The van der Waals surface area contributed by atoms with E-state index in [1.165, 1.54) is 30.4 Å². The van der Waals surface area contributed by atoms with Gasteiger partial charge in [0.2, 0.25) is 11.8 Å². The van der Waals surface area contributed by atoms with Crippen molar-refractivity contribution in [1.82, 2.24) is 10.2 Å². The monoisotopic (exact) mass is 394 g/mol. The summed E-state index contributed by atoms with van der Waals surface area (Å²) in [5.41, 5.74) is 3.54. The molecule has 3 aliphatic carbocycles. The van der Waals surface area contributed by atoms with E-state index in [1.54, 1.807) is 0 Å². The largest absolute Gasteiger partial charge is 0.353 e. The quantitative estimate of drug-likeness (QED) is 0.798. The molecular weight excluding hydrogens is 360 g/mol. The number of carbonyl (C=O) groups excluding carboxylic acids is 2. The molecule has 1 aromatic rings. The lowest BCUT2D eigenvalue weighted by Crippen LogP contribution is -2.50. The smallest absolute Gasteiger partial charge is 0.225 e. The number of piperidine rings is 1. The Bertz CT molecular complexity index is 820. The Kier molecular flexibility index (Phi) is 4.34. The summed E-state index contributed by atoms with van der Waals surface area (Å²) in [6.45, 7) is 8.27. The van der Waals surface area contributed by atoms with E-state index in [-0.39, 0.29) is 23.3 Å². The van der Waals surface area contributed by atoms with Gasteiger partial charge in [0.25, 0.3) is 0 Å². The van der Waals surface area contributed by atoms with Crippen molar-refractivity contribution in [3.63, 3.8) is 0 Å². The Morgan fingerprint density at radius 1 is 1.14 bits per heavy atom.